The number of hydrogen-bond acceptors (Lipinski definition) is 8. The monoisotopic (exact) mass is 898 g/mol. The molecule has 0 aromatic carbocycles. The molecule has 0 aliphatic rings. The van der Waals surface area contributed by atoms with Crippen LogP contribution in [-0.2, 0) is 14.1 Å². The molecule has 49 heavy (non-hydrogen) atoms. The number of nitrogens with two attached hydrogens (primary N) is 1. The summed E-state index contributed by atoms with van der Waals surface area (Å²) in [5.74, 6) is 2.23. The average molecular weight is 902 g/mol. The van der Waals surface area contributed by atoms with Gasteiger partial charge >= 0.3 is 0 Å². The van der Waals surface area contributed by atoms with Crippen molar-refractivity contribution in [1.29, 1.82) is 0 Å². The first kappa shape index (κ1) is 42.4. The molecule has 4 aromatic heterocycles. The van der Waals surface area contributed by atoms with Crippen LogP contribution in [0.1, 0.15) is 41.5 Å². The summed E-state index contributed by atoms with van der Waals surface area (Å²) in [6, 6.07) is 10.9. The fraction of sp³-hybridized carbons (Fsp3) is 0.412. The number of aryl methyl sites for hydroxylation is 2. The first-order valence-corrected chi connectivity index (χ1v) is 23.7. The normalized spacial score (nSPS) is 11.8. The zero-order chi connectivity index (χ0) is 37.5. The maximum absolute atomic E-state index is 12.1. The summed E-state index contributed by atoms with van der Waals surface area (Å²) in [4.78, 5) is 31.6. The fourth-order valence-electron chi connectivity index (χ4n) is 3.43. The van der Waals surface area contributed by atoms with Gasteiger partial charge in [0.1, 0.15) is 27.6 Å². The third-order valence-corrected chi connectivity index (χ3v) is 18.4. The largest absolute Gasteiger partial charge is 0.542 e. The predicted octanol–water partition coefficient (Wildman–Crippen LogP) is 9.63. The Labute approximate surface area is 317 Å². The van der Waals surface area contributed by atoms with Crippen LogP contribution >= 0.6 is 47.8 Å². The molecule has 0 aliphatic carbocycles. The molecular weight excluding hydrogens is 852 g/mol. The van der Waals surface area contributed by atoms with Crippen molar-refractivity contribution in [2.75, 3.05) is 11.1 Å². The lowest BCUT2D eigenvalue weighted by Gasteiger charge is -2.36. The fourth-order valence-corrected chi connectivity index (χ4v) is 6.78. The molecular formula is C34H49Br3N6O4Si2. The lowest BCUT2D eigenvalue weighted by Crippen LogP contribution is -2.43. The molecule has 0 bridgehead atoms. The first-order chi connectivity index (χ1) is 22.3. The summed E-state index contributed by atoms with van der Waals surface area (Å²) in [6.07, 6.45) is 6.85. The number of pyridine rings is 4. The standard InChI is InChI=1S/C17H24BrN3O2Si.C11H18BrNOSi.C6H7BrN2O/c1-17(2,3)24(5,6)23-13-7-8-15(19-10-13)20-14-9-12(18)11-21(4)16(14)22;1-11(2,3)15(4,5)14-9-6-7-10(12)13-8-9;1-9-3-4(7)2-5(8)6(9)10/h7-11H,1-6H3,(H,19,20);6-8H,1-5H3;2-3H,8H2,1H3. The van der Waals surface area contributed by atoms with Gasteiger partial charge in [0.2, 0.25) is 0 Å². The number of aromatic nitrogens is 4. The second-order valence-electron chi connectivity index (χ2n) is 14.6. The van der Waals surface area contributed by atoms with Gasteiger partial charge in [-0.15, -0.1) is 0 Å². The molecule has 0 saturated heterocycles. The molecule has 0 amide bonds. The van der Waals surface area contributed by atoms with Crippen LogP contribution in [0.2, 0.25) is 36.3 Å². The minimum absolute atomic E-state index is 0.110. The Bertz CT molecular complexity index is 1790. The minimum Gasteiger partial charge on any atom is -0.542 e. The van der Waals surface area contributed by atoms with E-state index in [-0.39, 0.29) is 26.9 Å². The van der Waals surface area contributed by atoms with Gasteiger partial charge in [0.05, 0.1) is 18.1 Å². The van der Waals surface area contributed by atoms with Crippen molar-refractivity contribution in [1.82, 2.24) is 19.1 Å². The van der Waals surface area contributed by atoms with Crippen molar-refractivity contribution in [3.05, 3.63) is 95.4 Å². The van der Waals surface area contributed by atoms with Gasteiger partial charge in [-0.3, -0.25) is 9.59 Å². The van der Waals surface area contributed by atoms with E-state index in [2.05, 4.69) is 131 Å². The maximum atomic E-state index is 12.1. The van der Waals surface area contributed by atoms with E-state index in [0.717, 1.165) is 25.0 Å². The molecule has 0 saturated carbocycles. The number of nitrogen functional groups attached to an aromatic ring is 1. The number of hydrogen-bond donors (Lipinski definition) is 2. The molecule has 268 valence electrons. The second-order valence-corrected chi connectivity index (χ2v) is 26.7. The number of nitrogens with one attached hydrogen (secondary N) is 1. The number of halogens is 3. The van der Waals surface area contributed by atoms with Crippen LogP contribution in [0.25, 0.3) is 0 Å². The molecule has 4 rings (SSSR count). The van der Waals surface area contributed by atoms with Crippen molar-refractivity contribution in [3.63, 3.8) is 0 Å². The van der Waals surface area contributed by atoms with Crippen LogP contribution in [0.15, 0.2) is 84.3 Å². The molecule has 0 radical (unpaired) electrons. The molecule has 3 N–H and O–H groups in total. The van der Waals surface area contributed by atoms with E-state index in [1.165, 1.54) is 9.13 Å². The highest BCUT2D eigenvalue weighted by Crippen LogP contribution is 2.38. The van der Waals surface area contributed by atoms with Crippen LogP contribution < -0.4 is 31.0 Å². The molecule has 4 heterocycles. The lowest BCUT2D eigenvalue weighted by atomic mass is 10.2. The quantitative estimate of drug-likeness (QED) is 0.145. The highest BCUT2D eigenvalue weighted by atomic mass is 79.9. The van der Waals surface area contributed by atoms with Crippen LogP contribution in [0.5, 0.6) is 11.5 Å². The van der Waals surface area contributed by atoms with Gasteiger partial charge in [-0.05, 0) is 120 Å². The highest BCUT2D eigenvalue weighted by molar-refractivity contribution is 9.11. The van der Waals surface area contributed by atoms with Crippen molar-refractivity contribution in [2.24, 2.45) is 14.1 Å². The molecule has 15 heteroatoms. The number of nitrogens with zero attached hydrogens (tertiary/aromatic N) is 4. The van der Waals surface area contributed by atoms with Crippen LogP contribution in [0.3, 0.4) is 0 Å². The minimum atomic E-state index is -1.88. The lowest BCUT2D eigenvalue weighted by molar-refractivity contribution is 0.490. The van der Waals surface area contributed by atoms with Gasteiger partial charge < -0.3 is 29.0 Å². The topological polar surface area (TPSA) is 126 Å². The average Bonchev–Trinajstić information content (AvgIpc) is 2.96. The summed E-state index contributed by atoms with van der Waals surface area (Å²) in [7, 11) is -0.233. The maximum Gasteiger partial charge on any atom is 0.274 e. The molecule has 10 nitrogen and oxygen atoms in total. The van der Waals surface area contributed by atoms with Gasteiger partial charge in [0.15, 0.2) is 0 Å². The van der Waals surface area contributed by atoms with Crippen molar-refractivity contribution >= 4 is 81.6 Å². The Balaban J connectivity index is 0.000000283. The van der Waals surface area contributed by atoms with Gasteiger partial charge in [-0.1, -0.05) is 41.5 Å². The molecule has 0 unspecified atom stereocenters. The van der Waals surface area contributed by atoms with Gasteiger partial charge in [-0.25, -0.2) is 9.97 Å². The number of rotatable bonds is 6. The van der Waals surface area contributed by atoms with Gasteiger partial charge in [-0.2, -0.15) is 0 Å². The van der Waals surface area contributed by atoms with E-state index in [0.29, 0.717) is 11.5 Å². The molecule has 4 aromatic rings. The molecule has 0 aliphatic heterocycles. The van der Waals surface area contributed by atoms with Crippen molar-refractivity contribution in [2.45, 2.75) is 77.8 Å². The zero-order valence-corrected chi connectivity index (χ0v) is 37.2. The summed E-state index contributed by atoms with van der Waals surface area (Å²) < 4.78 is 17.7. The van der Waals surface area contributed by atoms with E-state index >= 15 is 0 Å². The third-order valence-electron chi connectivity index (χ3n) is 8.39. The Morgan fingerprint density at radius 3 is 1.57 bits per heavy atom. The SMILES string of the molecule is CC(C)(C)[Si](C)(C)Oc1ccc(Br)nc1.Cn1cc(Br)cc(N)c1=O.Cn1cc(Br)cc(Nc2ccc(O[Si](C)(C)C(C)(C)C)cn2)c1=O. The summed E-state index contributed by atoms with van der Waals surface area (Å²) in [5, 5.41) is 3.41. The summed E-state index contributed by atoms with van der Waals surface area (Å²) >= 11 is 9.90. The summed E-state index contributed by atoms with van der Waals surface area (Å²) in [6.45, 7) is 22.1. The van der Waals surface area contributed by atoms with Crippen LogP contribution in [0.4, 0.5) is 17.2 Å². The van der Waals surface area contributed by atoms with Crippen LogP contribution in [0, 0.1) is 0 Å². The Morgan fingerprint density at radius 2 is 1.16 bits per heavy atom. The van der Waals surface area contributed by atoms with Crippen molar-refractivity contribution < 1.29 is 8.85 Å². The van der Waals surface area contributed by atoms with E-state index in [1.54, 1.807) is 51.0 Å². The molecule has 0 spiro atoms. The smallest absolute Gasteiger partial charge is 0.274 e. The zero-order valence-electron chi connectivity index (χ0n) is 30.4. The van der Waals surface area contributed by atoms with Gasteiger partial charge in [0, 0.05) is 35.4 Å². The Morgan fingerprint density at radius 1 is 0.714 bits per heavy atom. The van der Waals surface area contributed by atoms with Crippen molar-refractivity contribution in [3.8, 4) is 11.5 Å². The third kappa shape index (κ3) is 12.8. The Kier molecular flexibility index (Phi) is 14.7. The van der Waals surface area contributed by atoms with E-state index < -0.39 is 16.6 Å². The van der Waals surface area contributed by atoms with Crippen LogP contribution in [-0.4, -0.2) is 35.7 Å². The highest BCUT2D eigenvalue weighted by Gasteiger charge is 2.39. The number of anilines is 3. The van der Waals surface area contributed by atoms with Gasteiger partial charge in [0.25, 0.3) is 27.8 Å². The molecule has 0 atom stereocenters. The van der Waals surface area contributed by atoms with E-state index in [1.807, 2.05) is 24.3 Å². The Hall–Kier alpha value is -2.73. The summed E-state index contributed by atoms with van der Waals surface area (Å²) in [5.41, 5.74) is 5.82. The second kappa shape index (κ2) is 17.0. The predicted molar refractivity (Wildman–Crippen MR) is 218 cm³/mol. The van der Waals surface area contributed by atoms with E-state index in [4.69, 9.17) is 14.6 Å². The molecule has 0 fully saturated rings. The van der Waals surface area contributed by atoms with E-state index in [9.17, 15) is 9.59 Å². The first-order valence-electron chi connectivity index (χ1n) is 15.5.